The number of nitrogen functional groups attached to an aromatic ring is 2. The van der Waals surface area contributed by atoms with Crippen molar-refractivity contribution in [3.8, 4) is 0 Å². The zero-order valence-corrected chi connectivity index (χ0v) is 25.9. The van der Waals surface area contributed by atoms with Gasteiger partial charge in [-0.15, -0.1) is 0 Å². The van der Waals surface area contributed by atoms with Gasteiger partial charge < -0.3 is 26.0 Å². The number of imidazole rings is 2. The molecule has 4 aromatic rings. The summed E-state index contributed by atoms with van der Waals surface area (Å²) in [6, 6.07) is 0. The average Bonchev–Trinajstić information content (AvgIpc) is 3.72. The number of nitrogens with one attached hydrogen (secondary N) is 1. The van der Waals surface area contributed by atoms with E-state index in [2.05, 4.69) is 54.4 Å². The summed E-state index contributed by atoms with van der Waals surface area (Å²) in [4.78, 5) is 34.7. The Morgan fingerprint density at radius 3 is 2.27 bits per heavy atom. The molecule has 10 atom stereocenters. The van der Waals surface area contributed by atoms with Gasteiger partial charge >= 0.3 is 13.6 Å². The molecule has 0 radical (unpaired) electrons. The molecule has 45 heavy (non-hydrogen) atoms. The summed E-state index contributed by atoms with van der Waals surface area (Å²) in [5, 5.41) is 11.1. The van der Waals surface area contributed by atoms with Gasteiger partial charge in [0.2, 0.25) is 5.95 Å². The summed E-state index contributed by atoms with van der Waals surface area (Å²) < 4.78 is 79.0. The second-order valence-electron chi connectivity index (χ2n) is 10.1. The van der Waals surface area contributed by atoms with E-state index in [0.29, 0.717) is 0 Å². The minimum absolute atomic E-state index is 0.0443. The fourth-order valence-corrected chi connectivity index (χ4v) is 8.20. The Morgan fingerprint density at radius 1 is 0.911 bits per heavy atom. The SMILES string of the molecule is Nc1nc2c(ncn2C2O[C@@H]3COP(=O)(S)O[C@H]4[C@@H](F)[C@H](n5cnc6c(N)ncnc65)O[C@@H]4COP(=O)(S)O[C@@H]2[C@@H]3O)c(=O)[nH]1. The molecule has 2 bridgehead atoms. The van der Waals surface area contributed by atoms with E-state index < -0.39 is 81.5 Å². The highest BCUT2D eigenvalue weighted by Crippen LogP contribution is 2.60. The zero-order chi connectivity index (χ0) is 31.8. The van der Waals surface area contributed by atoms with Crippen LogP contribution in [-0.2, 0) is 36.7 Å². The number of hydrogen-bond donors (Lipinski definition) is 6. The summed E-state index contributed by atoms with van der Waals surface area (Å²) in [5.41, 5.74) is 11.0. The third kappa shape index (κ3) is 5.54. The zero-order valence-electron chi connectivity index (χ0n) is 22.3. The van der Waals surface area contributed by atoms with Crippen molar-refractivity contribution in [1.29, 1.82) is 0 Å². The van der Waals surface area contributed by atoms with Crippen LogP contribution in [0.5, 0.6) is 0 Å². The molecule has 7 heterocycles. The van der Waals surface area contributed by atoms with Crippen molar-refractivity contribution in [2.24, 2.45) is 0 Å². The van der Waals surface area contributed by atoms with Crippen LogP contribution in [0.3, 0.4) is 0 Å². The van der Waals surface area contributed by atoms with Gasteiger partial charge in [-0.25, -0.2) is 33.5 Å². The Kier molecular flexibility index (Phi) is 7.72. The smallest absolute Gasteiger partial charge is 0.386 e. The Morgan fingerprint density at radius 2 is 1.53 bits per heavy atom. The van der Waals surface area contributed by atoms with Gasteiger partial charge in [0.15, 0.2) is 41.3 Å². The third-order valence-electron chi connectivity index (χ3n) is 7.28. The lowest BCUT2D eigenvalue weighted by atomic mass is 10.1. The van der Waals surface area contributed by atoms with Crippen molar-refractivity contribution < 1.29 is 46.2 Å². The van der Waals surface area contributed by atoms with Crippen LogP contribution in [0.15, 0.2) is 23.8 Å². The molecule has 0 saturated carbocycles. The fraction of sp³-hybridized carbons (Fsp3) is 0.500. The molecule has 3 fully saturated rings. The molecule has 242 valence electrons. The maximum absolute atomic E-state index is 16.0. The highest BCUT2D eigenvalue weighted by Gasteiger charge is 2.54. The lowest BCUT2D eigenvalue weighted by Gasteiger charge is -2.26. The number of H-pyrrole nitrogens is 1. The monoisotopic (exact) mass is 708 g/mol. The van der Waals surface area contributed by atoms with Gasteiger partial charge in [0.05, 0.1) is 25.9 Å². The summed E-state index contributed by atoms with van der Waals surface area (Å²) in [5.74, 6) is -0.193. The molecule has 0 spiro atoms. The van der Waals surface area contributed by atoms with Gasteiger partial charge in [-0.1, -0.05) is 24.5 Å². The van der Waals surface area contributed by atoms with Crippen LogP contribution in [0, 0.1) is 0 Å². The van der Waals surface area contributed by atoms with E-state index >= 15 is 4.39 Å². The molecular formula is C20H23FN10O10P2S2. The van der Waals surface area contributed by atoms with Crippen molar-refractivity contribution in [3.63, 3.8) is 0 Å². The number of nitrogens with zero attached hydrogens (tertiary/aromatic N) is 7. The van der Waals surface area contributed by atoms with Crippen molar-refractivity contribution in [1.82, 2.24) is 39.0 Å². The normalized spacial score (nSPS) is 37.7. The quantitative estimate of drug-likeness (QED) is 0.122. The number of anilines is 2. The number of nitrogens with two attached hydrogens (primary N) is 2. The van der Waals surface area contributed by atoms with E-state index in [0.717, 1.165) is 6.33 Å². The molecule has 0 aliphatic carbocycles. The standard InChI is InChI=1S/C20H23FN10O10P2S2/c21-8-12-7(39-18(8)30-4-26-9-14(22)24-3-25-15(9)30)2-37-43(35,45)41-13-11(32)6(1-36-42(34,44)40-12)38-19(13)31-5-27-10-16(31)28-20(23)29-17(10)33/h3-8,11-13,18-19,32H,1-2H2,(H,34,44)(H,35,45)(H2,22,24,25)(H3,23,28,29,33)/t6-,7-,8-,11-,12-,13-,18-,19?,42?,43?/m1/s1. The first-order valence-electron chi connectivity index (χ1n) is 12.9. The van der Waals surface area contributed by atoms with Gasteiger partial charge in [-0.2, -0.15) is 4.98 Å². The molecule has 3 aliphatic rings. The first-order chi connectivity index (χ1) is 21.3. The molecule has 20 nitrogen and oxygen atoms in total. The van der Waals surface area contributed by atoms with Gasteiger partial charge in [-0.05, 0) is 0 Å². The first-order valence-corrected chi connectivity index (χ1v) is 18.3. The van der Waals surface area contributed by atoms with Gasteiger partial charge in [0.1, 0.15) is 42.4 Å². The molecule has 3 aliphatic heterocycles. The minimum Gasteiger partial charge on any atom is -0.387 e. The first kappa shape index (κ1) is 30.9. The molecule has 7 rings (SSSR count). The predicted octanol–water partition coefficient (Wildman–Crippen LogP) is 0.511. The van der Waals surface area contributed by atoms with Crippen LogP contribution in [0.25, 0.3) is 22.3 Å². The van der Waals surface area contributed by atoms with Gasteiger partial charge in [0.25, 0.3) is 5.56 Å². The van der Waals surface area contributed by atoms with Gasteiger partial charge in [-0.3, -0.25) is 37.0 Å². The number of ether oxygens (including phenoxy) is 2. The molecule has 0 amide bonds. The van der Waals surface area contributed by atoms with Crippen molar-refractivity contribution in [3.05, 3.63) is 29.3 Å². The van der Waals surface area contributed by atoms with Crippen LogP contribution in [0.4, 0.5) is 16.2 Å². The second-order valence-corrected chi connectivity index (χ2v) is 15.8. The Balaban J connectivity index is 1.21. The number of aliphatic hydroxyl groups excluding tert-OH is 1. The van der Waals surface area contributed by atoms with Crippen LogP contribution < -0.4 is 17.0 Å². The lowest BCUT2D eigenvalue weighted by molar-refractivity contribution is -0.0568. The van der Waals surface area contributed by atoms with E-state index in [1.165, 1.54) is 21.8 Å². The highest BCUT2D eigenvalue weighted by atomic mass is 32.7. The Labute approximate surface area is 260 Å². The van der Waals surface area contributed by atoms with Gasteiger partial charge in [0, 0.05) is 0 Å². The van der Waals surface area contributed by atoms with E-state index in [-0.39, 0.29) is 34.1 Å². The van der Waals surface area contributed by atoms with Crippen LogP contribution in [-0.4, -0.2) is 94.0 Å². The summed E-state index contributed by atoms with van der Waals surface area (Å²) in [6.45, 7) is -10.1. The number of halogens is 1. The topological polar surface area (TPSA) is 269 Å². The third-order valence-corrected chi connectivity index (χ3v) is 10.5. The number of alkyl halides is 1. The number of fused-ring (bicyclic) bond motifs is 5. The molecule has 0 aromatic carbocycles. The van der Waals surface area contributed by atoms with Crippen molar-refractivity contribution in [2.45, 2.75) is 49.1 Å². The molecule has 3 saturated heterocycles. The van der Waals surface area contributed by atoms with Crippen molar-refractivity contribution in [2.75, 3.05) is 24.7 Å². The summed E-state index contributed by atoms with van der Waals surface area (Å²) >= 11 is 8.03. The summed E-state index contributed by atoms with van der Waals surface area (Å²) in [6.07, 6.45) is -8.75. The average molecular weight is 709 g/mol. The minimum atomic E-state index is -4.42. The number of aromatic nitrogens is 8. The number of aromatic amines is 1. The molecule has 3 unspecified atom stereocenters. The molecule has 6 N–H and O–H groups in total. The van der Waals surface area contributed by atoms with Crippen molar-refractivity contribution >= 4 is 72.2 Å². The largest absolute Gasteiger partial charge is 0.387 e. The number of thiol groups is 2. The maximum Gasteiger partial charge on any atom is 0.386 e. The number of hydrogen-bond acceptors (Lipinski definition) is 17. The molecule has 4 aromatic heterocycles. The second kappa shape index (κ2) is 11.2. The molecule has 25 heteroatoms. The van der Waals surface area contributed by atoms with E-state index in [4.69, 9.17) is 39.0 Å². The maximum atomic E-state index is 16.0. The number of aliphatic hydroxyl groups is 1. The molecular weight excluding hydrogens is 685 g/mol. The Bertz CT molecular complexity index is 1950. The lowest BCUT2D eigenvalue weighted by Crippen LogP contribution is -2.35. The van der Waals surface area contributed by atoms with E-state index in [1.807, 2.05) is 0 Å². The highest BCUT2D eigenvalue weighted by molar-refractivity contribution is 8.44. The Hall–Kier alpha value is -2.69. The van der Waals surface area contributed by atoms with E-state index in [1.54, 1.807) is 0 Å². The van der Waals surface area contributed by atoms with E-state index in [9.17, 15) is 19.0 Å². The predicted molar refractivity (Wildman–Crippen MR) is 156 cm³/mol. The van der Waals surface area contributed by atoms with Crippen LogP contribution in [0.1, 0.15) is 12.5 Å². The number of rotatable bonds is 2. The summed E-state index contributed by atoms with van der Waals surface area (Å²) in [7, 11) is 0. The van der Waals surface area contributed by atoms with Crippen LogP contribution >= 0.6 is 38.1 Å². The fourth-order valence-electron chi connectivity index (χ4n) is 5.26. The van der Waals surface area contributed by atoms with Crippen LogP contribution in [0.2, 0.25) is 0 Å².